The third-order valence-electron chi connectivity index (χ3n) is 4.40. The molecule has 1 saturated heterocycles. The Labute approximate surface area is 191 Å². The fraction of sp³-hybridized carbons (Fsp3) is 0.619. The molecule has 0 aliphatic carbocycles. The molecule has 29 heavy (non-hydrogen) atoms. The average molecular weight is 518 g/mol. The number of hydrogen-bond acceptors (Lipinski definition) is 4. The third kappa shape index (κ3) is 9.10. The molecule has 1 fully saturated rings. The van der Waals surface area contributed by atoms with E-state index in [1.165, 1.54) is 0 Å². The van der Waals surface area contributed by atoms with Gasteiger partial charge in [0.2, 0.25) is 0 Å². The van der Waals surface area contributed by atoms with Crippen LogP contribution >= 0.6 is 24.0 Å². The summed E-state index contributed by atoms with van der Waals surface area (Å²) in [7, 11) is 0. The maximum Gasteiger partial charge on any atom is 0.409 e. The normalized spacial score (nSPS) is 14.9. The van der Waals surface area contributed by atoms with Crippen molar-refractivity contribution in [3.63, 3.8) is 0 Å². The number of carbonyl (C=O) groups is 1. The van der Waals surface area contributed by atoms with Crippen LogP contribution in [0.1, 0.15) is 46.1 Å². The summed E-state index contributed by atoms with van der Waals surface area (Å²) in [5.74, 6) is 1.67. The van der Waals surface area contributed by atoms with Gasteiger partial charge in [0.25, 0.3) is 0 Å². The summed E-state index contributed by atoms with van der Waals surface area (Å²) in [5.41, 5.74) is 1.10. The van der Waals surface area contributed by atoms with Crippen LogP contribution in [0.2, 0.25) is 0 Å². The number of amides is 1. The SMILES string of the molecule is CCNC(=NCc1cccc(OC(C)C)c1)NC1CCN(C(=O)OCC)CC1.I. The van der Waals surface area contributed by atoms with Crippen molar-refractivity contribution in [1.29, 1.82) is 0 Å². The molecule has 0 unspecified atom stereocenters. The number of benzene rings is 1. The zero-order valence-electron chi connectivity index (χ0n) is 17.9. The Morgan fingerprint density at radius 2 is 2.00 bits per heavy atom. The first kappa shape index (κ1) is 25.3. The molecule has 2 rings (SSSR count). The second-order valence-corrected chi connectivity index (χ2v) is 7.11. The Morgan fingerprint density at radius 3 is 2.62 bits per heavy atom. The predicted molar refractivity (Wildman–Crippen MR) is 127 cm³/mol. The summed E-state index contributed by atoms with van der Waals surface area (Å²) < 4.78 is 10.8. The fourth-order valence-electron chi connectivity index (χ4n) is 3.09. The summed E-state index contributed by atoms with van der Waals surface area (Å²) in [6.45, 7) is 11.1. The van der Waals surface area contributed by atoms with Crippen molar-refractivity contribution < 1.29 is 14.3 Å². The highest BCUT2D eigenvalue weighted by Gasteiger charge is 2.24. The molecule has 1 aromatic rings. The Morgan fingerprint density at radius 1 is 1.28 bits per heavy atom. The number of ether oxygens (including phenoxy) is 2. The maximum absolute atomic E-state index is 11.8. The van der Waals surface area contributed by atoms with Gasteiger partial charge in [0, 0.05) is 25.7 Å². The van der Waals surface area contributed by atoms with Crippen molar-refractivity contribution in [2.24, 2.45) is 4.99 Å². The standard InChI is InChI=1S/C21H34N4O3.HI/c1-5-22-20(23-15-17-8-7-9-19(14-17)28-16(3)4)24-18-10-12-25(13-11-18)21(26)27-6-2;/h7-9,14,16,18H,5-6,10-13,15H2,1-4H3,(H2,22,23,24);1H. The summed E-state index contributed by atoms with van der Waals surface area (Å²) in [5, 5.41) is 6.80. The Kier molecular flexibility index (Phi) is 11.8. The molecule has 0 radical (unpaired) electrons. The van der Waals surface area contributed by atoms with E-state index in [9.17, 15) is 4.79 Å². The number of hydrogen-bond donors (Lipinski definition) is 2. The van der Waals surface area contributed by atoms with Crippen LogP contribution in [-0.4, -0.2) is 55.3 Å². The van der Waals surface area contributed by atoms with Crippen molar-refractivity contribution in [3.05, 3.63) is 29.8 Å². The van der Waals surface area contributed by atoms with E-state index in [0.29, 0.717) is 32.3 Å². The molecule has 7 nitrogen and oxygen atoms in total. The van der Waals surface area contributed by atoms with E-state index in [4.69, 9.17) is 14.5 Å². The Bertz CT molecular complexity index is 647. The lowest BCUT2D eigenvalue weighted by Crippen LogP contribution is -2.49. The van der Waals surface area contributed by atoms with Gasteiger partial charge in [0.1, 0.15) is 5.75 Å². The minimum Gasteiger partial charge on any atom is -0.491 e. The van der Waals surface area contributed by atoms with E-state index in [1.807, 2.05) is 39.0 Å². The number of nitrogens with zero attached hydrogens (tertiary/aromatic N) is 2. The first-order chi connectivity index (χ1) is 13.5. The van der Waals surface area contributed by atoms with Crippen LogP contribution in [0.3, 0.4) is 0 Å². The van der Waals surface area contributed by atoms with E-state index in [1.54, 1.807) is 4.90 Å². The molecule has 0 saturated carbocycles. The Hall–Kier alpha value is -1.71. The van der Waals surface area contributed by atoms with E-state index in [0.717, 1.165) is 36.7 Å². The molecular formula is C21H35IN4O3. The molecule has 1 aliphatic rings. The van der Waals surface area contributed by atoms with Crippen molar-refractivity contribution >= 4 is 36.0 Å². The summed E-state index contributed by atoms with van der Waals surface area (Å²) in [4.78, 5) is 18.3. The lowest BCUT2D eigenvalue weighted by molar-refractivity contribution is 0.0963. The molecule has 1 amide bonds. The zero-order chi connectivity index (χ0) is 20.4. The highest BCUT2D eigenvalue weighted by Crippen LogP contribution is 2.16. The second-order valence-electron chi connectivity index (χ2n) is 7.11. The lowest BCUT2D eigenvalue weighted by atomic mass is 10.1. The van der Waals surface area contributed by atoms with Crippen molar-refractivity contribution in [2.75, 3.05) is 26.2 Å². The van der Waals surface area contributed by atoms with Crippen LogP contribution in [0, 0.1) is 0 Å². The Balaban J connectivity index is 0.00000420. The molecular weight excluding hydrogens is 483 g/mol. The quantitative estimate of drug-likeness (QED) is 0.327. The molecule has 1 aliphatic heterocycles. The number of rotatable bonds is 7. The average Bonchev–Trinajstić information content (AvgIpc) is 2.67. The molecule has 0 bridgehead atoms. The predicted octanol–water partition coefficient (Wildman–Crippen LogP) is 3.77. The number of halogens is 1. The van der Waals surface area contributed by atoms with Crippen LogP contribution < -0.4 is 15.4 Å². The van der Waals surface area contributed by atoms with Gasteiger partial charge in [0.15, 0.2) is 5.96 Å². The van der Waals surface area contributed by atoms with E-state index >= 15 is 0 Å². The van der Waals surface area contributed by atoms with E-state index in [-0.39, 0.29) is 36.2 Å². The first-order valence-electron chi connectivity index (χ1n) is 10.2. The molecule has 0 atom stereocenters. The molecule has 0 aromatic heterocycles. The molecule has 0 spiro atoms. The summed E-state index contributed by atoms with van der Waals surface area (Å²) in [6.07, 6.45) is 1.69. The topological polar surface area (TPSA) is 75.2 Å². The van der Waals surface area contributed by atoms with Crippen LogP contribution in [0.15, 0.2) is 29.3 Å². The van der Waals surface area contributed by atoms with Gasteiger partial charge in [-0.3, -0.25) is 0 Å². The van der Waals surface area contributed by atoms with Gasteiger partial charge in [-0.2, -0.15) is 0 Å². The largest absolute Gasteiger partial charge is 0.491 e. The van der Waals surface area contributed by atoms with Crippen LogP contribution in [-0.2, 0) is 11.3 Å². The number of aliphatic imine (C=N–C) groups is 1. The summed E-state index contributed by atoms with van der Waals surface area (Å²) in [6, 6.07) is 8.34. The van der Waals surface area contributed by atoms with Crippen molar-refractivity contribution in [1.82, 2.24) is 15.5 Å². The molecule has 8 heteroatoms. The van der Waals surface area contributed by atoms with Crippen LogP contribution in [0.4, 0.5) is 4.79 Å². The highest BCUT2D eigenvalue weighted by atomic mass is 127. The smallest absolute Gasteiger partial charge is 0.409 e. The zero-order valence-corrected chi connectivity index (χ0v) is 20.3. The van der Waals surface area contributed by atoms with Crippen LogP contribution in [0.25, 0.3) is 0 Å². The highest BCUT2D eigenvalue weighted by molar-refractivity contribution is 14.0. The van der Waals surface area contributed by atoms with Gasteiger partial charge >= 0.3 is 6.09 Å². The molecule has 2 N–H and O–H groups in total. The van der Waals surface area contributed by atoms with Gasteiger partial charge in [-0.05, 0) is 58.2 Å². The van der Waals surface area contributed by atoms with Crippen molar-refractivity contribution in [2.45, 2.75) is 59.2 Å². The van der Waals surface area contributed by atoms with Gasteiger partial charge in [-0.15, -0.1) is 24.0 Å². The van der Waals surface area contributed by atoms with Gasteiger partial charge in [0.05, 0.1) is 19.3 Å². The number of likely N-dealkylation sites (tertiary alicyclic amines) is 1. The molecule has 164 valence electrons. The second kappa shape index (κ2) is 13.5. The molecule has 1 heterocycles. The van der Waals surface area contributed by atoms with Gasteiger partial charge < -0.3 is 25.0 Å². The maximum atomic E-state index is 11.8. The number of carbonyl (C=O) groups excluding carboxylic acids is 1. The fourth-order valence-corrected chi connectivity index (χ4v) is 3.09. The summed E-state index contributed by atoms with van der Waals surface area (Å²) >= 11 is 0. The number of piperidine rings is 1. The third-order valence-corrected chi connectivity index (χ3v) is 4.40. The monoisotopic (exact) mass is 518 g/mol. The van der Waals surface area contributed by atoms with Crippen LogP contribution in [0.5, 0.6) is 5.75 Å². The minimum absolute atomic E-state index is 0. The van der Waals surface area contributed by atoms with Crippen molar-refractivity contribution in [3.8, 4) is 5.75 Å². The van der Waals surface area contributed by atoms with E-state index < -0.39 is 0 Å². The first-order valence-corrected chi connectivity index (χ1v) is 10.2. The number of nitrogens with one attached hydrogen (secondary N) is 2. The van der Waals surface area contributed by atoms with Gasteiger partial charge in [-0.1, -0.05) is 12.1 Å². The number of guanidine groups is 1. The van der Waals surface area contributed by atoms with Gasteiger partial charge in [-0.25, -0.2) is 9.79 Å². The molecule has 1 aromatic carbocycles. The van der Waals surface area contributed by atoms with E-state index in [2.05, 4.69) is 23.6 Å². The lowest BCUT2D eigenvalue weighted by Gasteiger charge is -2.32. The minimum atomic E-state index is -0.218.